The van der Waals surface area contributed by atoms with Crippen molar-refractivity contribution in [1.82, 2.24) is 9.88 Å². The van der Waals surface area contributed by atoms with Crippen LogP contribution < -0.4 is 10.2 Å². The number of hydrogen-bond donors (Lipinski definition) is 1. The van der Waals surface area contributed by atoms with Gasteiger partial charge in [0.25, 0.3) is 5.91 Å². The summed E-state index contributed by atoms with van der Waals surface area (Å²) in [6.45, 7) is 8.51. The van der Waals surface area contributed by atoms with Crippen LogP contribution in [0.15, 0.2) is 36.5 Å². The van der Waals surface area contributed by atoms with Crippen LogP contribution in [0.2, 0.25) is 0 Å². The molecule has 2 amide bonds. The lowest BCUT2D eigenvalue weighted by atomic mass is 10.1. The smallest absolute Gasteiger partial charge is 0.257 e. The number of anilines is 2. The Bertz CT molecular complexity index is 809. The molecule has 0 radical (unpaired) electrons. The number of nitrogens with zero attached hydrogens (tertiary/aromatic N) is 3. The van der Waals surface area contributed by atoms with Crippen LogP contribution in [-0.4, -0.2) is 47.9 Å². The lowest BCUT2D eigenvalue weighted by molar-refractivity contribution is -0.129. The molecule has 6 heteroatoms. The predicted octanol–water partition coefficient (Wildman–Crippen LogP) is 2.62. The van der Waals surface area contributed by atoms with Gasteiger partial charge in [-0.2, -0.15) is 0 Å². The van der Waals surface area contributed by atoms with E-state index in [4.69, 9.17) is 0 Å². The fourth-order valence-electron chi connectivity index (χ4n) is 3.04. The summed E-state index contributed by atoms with van der Waals surface area (Å²) in [4.78, 5) is 32.3. The third-order valence-electron chi connectivity index (χ3n) is 4.91. The number of hydrogen-bond acceptors (Lipinski definition) is 4. The van der Waals surface area contributed by atoms with Gasteiger partial charge in [-0.15, -0.1) is 0 Å². The molecule has 6 nitrogen and oxygen atoms in total. The Hall–Kier alpha value is -2.89. The van der Waals surface area contributed by atoms with Crippen molar-refractivity contribution < 1.29 is 9.59 Å². The Morgan fingerprint density at radius 2 is 1.77 bits per heavy atom. The van der Waals surface area contributed by atoms with Crippen LogP contribution in [0.25, 0.3) is 0 Å². The summed E-state index contributed by atoms with van der Waals surface area (Å²) in [6.07, 6.45) is 1.60. The first kappa shape index (κ1) is 17.9. The number of pyridine rings is 1. The topological polar surface area (TPSA) is 65.5 Å². The lowest BCUT2D eigenvalue weighted by Crippen LogP contribution is -2.48. The highest BCUT2D eigenvalue weighted by Gasteiger charge is 2.19. The molecule has 3 rings (SSSR count). The fourth-order valence-corrected chi connectivity index (χ4v) is 3.04. The molecule has 1 aliphatic rings. The van der Waals surface area contributed by atoms with Crippen molar-refractivity contribution in [2.75, 3.05) is 36.4 Å². The molecular formula is C20H24N4O2. The quantitative estimate of drug-likeness (QED) is 0.922. The zero-order valence-electron chi connectivity index (χ0n) is 15.5. The van der Waals surface area contributed by atoms with Crippen molar-refractivity contribution in [3.63, 3.8) is 0 Å². The van der Waals surface area contributed by atoms with Gasteiger partial charge >= 0.3 is 0 Å². The fraction of sp³-hybridized carbons (Fsp3) is 0.350. The molecule has 26 heavy (non-hydrogen) atoms. The summed E-state index contributed by atoms with van der Waals surface area (Å²) in [5, 5.41) is 2.95. The highest BCUT2D eigenvalue weighted by Crippen LogP contribution is 2.19. The number of rotatable bonds is 3. The summed E-state index contributed by atoms with van der Waals surface area (Å²) in [5.41, 5.74) is 3.55. The molecule has 0 unspecified atom stereocenters. The molecule has 1 N–H and O–H groups in total. The predicted molar refractivity (Wildman–Crippen MR) is 103 cm³/mol. The third kappa shape index (κ3) is 3.85. The van der Waals surface area contributed by atoms with Crippen LogP contribution in [0.4, 0.5) is 11.5 Å². The van der Waals surface area contributed by atoms with E-state index < -0.39 is 0 Å². The van der Waals surface area contributed by atoms with E-state index in [0.29, 0.717) is 18.7 Å². The van der Waals surface area contributed by atoms with Gasteiger partial charge in [0, 0.05) is 45.0 Å². The van der Waals surface area contributed by atoms with E-state index in [-0.39, 0.29) is 11.8 Å². The van der Waals surface area contributed by atoms with Crippen molar-refractivity contribution in [2.24, 2.45) is 0 Å². The molecule has 2 aromatic rings. The Kier molecular flexibility index (Phi) is 5.21. The molecule has 0 bridgehead atoms. The first-order valence-corrected chi connectivity index (χ1v) is 8.80. The van der Waals surface area contributed by atoms with Gasteiger partial charge in [-0.25, -0.2) is 4.98 Å². The third-order valence-corrected chi connectivity index (χ3v) is 4.91. The number of piperazine rings is 1. The zero-order valence-corrected chi connectivity index (χ0v) is 15.5. The Balaban J connectivity index is 1.65. The maximum atomic E-state index is 12.5. The molecule has 1 fully saturated rings. The molecule has 1 aromatic carbocycles. The monoisotopic (exact) mass is 352 g/mol. The highest BCUT2D eigenvalue weighted by molar-refractivity contribution is 6.04. The van der Waals surface area contributed by atoms with Gasteiger partial charge in [0.15, 0.2) is 0 Å². The lowest BCUT2D eigenvalue weighted by Gasteiger charge is -2.34. The molecule has 136 valence electrons. The first-order valence-electron chi connectivity index (χ1n) is 8.80. The minimum absolute atomic E-state index is 0.107. The second-order valence-corrected chi connectivity index (χ2v) is 6.60. The van der Waals surface area contributed by atoms with Crippen molar-refractivity contribution in [1.29, 1.82) is 0 Å². The van der Waals surface area contributed by atoms with Crippen molar-refractivity contribution >= 4 is 23.3 Å². The summed E-state index contributed by atoms with van der Waals surface area (Å²) >= 11 is 0. The second kappa shape index (κ2) is 7.56. The maximum Gasteiger partial charge on any atom is 0.257 e. The molecular weight excluding hydrogens is 328 g/mol. The van der Waals surface area contributed by atoms with Gasteiger partial charge in [-0.05, 0) is 43.2 Å². The van der Waals surface area contributed by atoms with Crippen LogP contribution in [0.1, 0.15) is 28.4 Å². The SMILES string of the molecule is CC(=O)N1CCN(c2ccc(C(=O)Nc3cccc(C)c3C)cn2)CC1. The van der Waals surface area contributed by atoms with Crippen molar-refractivity contribution in [3.8, 4) is 0 Å². The number of carbonyl (C=O) groups is 2. The van der Waals surface area contributed by atoms with E-state index in [9.17, 15) is 9.59 Å². The summed E-state index contributed by atoms with van der Waals surface area (Å²) in [5.74, 6) is 0.770. The van der Waals surface area contributed by atoms with Gasteiger partial charge < -0.3 is 15.1 Å². The van der Waals surface area contributed by atoms with Gasteiger partial charge in [-0.3, -0.25) is 9.59 Å². The van der Waals surface area contributed by atoms with Crippen LogP contribution in [0.5, 0.6) is 0 Å². The van der Waals surface area contributed by atoms with E-state index in [1.54, 1.807) is 19.2 Å². The molecule has 0 spiro atoms. The molecule has 2 heterocycles. The van der Waals surface area contributed by atoms with E-state index in [0.717, 1.165) is 35.7 Å². The van der Waals surface area contributed by atoms with Gasteiger partial charge in [-0.1, -0.05) is 12.1 Å². The number of benzene rings is 1. The molecule has 0 atom stereocenters. The van der Waals surface area contributed by atoms with Crippen molar-refractivity contribution in [2.45, 2.75) is 20.8 Å². The van der Waals surface area contributed by atoms with Gasteiger partial charge in [0.1, 0.15) is 5.82 Å². The van der Waals surface area contributed by atoms with E-state index >= 15 is 0 Å². The Morgan fingerprint density at radius 3 is 2.38 bits per heavy atom. The average Bonchev–Trinajstić information content (AvgIpc) is 2.65. The van der Waals surface area contributed by atoms with E-state index in [1.165, 1.54) is 0 Å². The normalized spacial score (nSPS) is 14.3. The van der Waals surface area contributed by atoms with Crippen LogP contribution in [0.3, 0.4) is 0 Å². The van der Waals surface area contributed by atoms with Gasteiger partial charge in [0.2, 0.25) is 5.91 Å². The molecule has 1 aliphatic heterocycles. The second-order valence-electron chi connectivity index (χ2n) is 6.60. The summed E-state index contributed by atoms with van der Waals surface area (Å²) < 4.78 is 0. The maximum absolute atomic E-state index is 12.5. The number of carbonyl (C=O) groups excluding carboxylic acids is 2. The largest absolute Gasteiger partial charge is 0.353 e. The molecule has 1 saturated heterocycles. The highest BCUT2D eigenvalue weighted by atomic mass is 16.2. The molecule has 0 aliphatic carbocycles. The minimum Gasteiger partial charge on any atom is -0.353 e. The van der Waals surface area contributed by atoms with Gasteiger partial charge in [0.05, 0.1) is 5.56 Å². The summed E-state index contributed by atoms with van der Waals surface area (Å²) in [6, 6.07) is 9.51. The first-order chi connectivity index (χ1) is 12.5. The Labute approximate surface area is 153 Å². The van der Waals surface area contributed by atoms with Crippen LogP contribution in [-0.2, 0) is 4.79 Å². The summed E-state index contributed by atoms with van der Waals surface area (Å²) in [7, 11) is 0. The minimum atomic E-state index is -0.167. The van der Waals surface area contributed by atoms with E-state index in [2.05, 4.69) is 15.2 Å². The number of aryl methyl sites for hydroxylation is 1. The average molecular weight is 352 g/mol. The standard InChI is InChI=1S/C20H24N4O2/c1-14-5-4-6-18(15(14)2)22-20(26)17-7-8-19(21-13-17)24-11-9-23(10-12-24)16(3)25/h4-8,13H,9-12H2,1-3H3,(H,22,26). The van der Waals surface area contributed by atoms with Crippen LogP contribution >= 0.6 is 0 Å². The Morgan fingerprint density at radius 1 is 1.04 bits per heavy atom. The number of aromatic nitrogens is 1. The molecule has 0 saturated carbocycles. The zero-order chi connectivity index (χ0) is 18.7. The van der Waals surface area contributed by atoms with Crippen molar-refractivity contribution in [3.05, 3.63) is 53.2 Å². The number of amides is 2. The van der Waals surface area contributed by atoms with Crippen LogP contribution in [0, 0.1) is 13.8 Å². The number of nitrogens with one attached hydrogen (secondary N) is 1. The van der Waals surface area contributed by atoms with E-state index in [1.807, 2.05) is 43.0 Å². The molecule has 1 aromatic heterocycles.